The normalized spacial score (nSPS) is 17.2. The lowest BCUT2D eigenvalue weighted by Gasteiger charge is -2.17. The highest BCUT2D eigenvalue weighted by Crippen LogP contribution is 2.18. The smallest absolute Gasteiger partial charge is 0.333 e. The van der Waals surface area contributed by atoms with Gasteiger partial charge in [-0.15, -0.1) is 0 Å². The Morgan fingerprint density at radius 2 is 2.04 bits per heavy atom. The van der Waals surface area contributed by atoms with Gasteiger partial charge in [0.2, 0.25) is 5.88 Å². The summed E-state index contributed by atoms with van der Waals surface area (Å²) >= 11 is 0. The van der Waals surface area contributed by atoms with Gasteiger partial charge in [0, 0.05) is 18.7 Å². The van der Waals surface area contributed by atoms with Gasteiger partial charge in [0.15, 0.2) is 6.04 Å². The number of methoxy groups -OCH3 is 1. The number of nitrogens with zero attached hydrogens (tertiary/aromatic N) is 1. The molecule has 2 unspecified atom stereocenters. The molecular formula is C19H19FN2O5. The van der Waals surface area contributed by atoms with E-state index in [4.69, 9.17) is 14.2 Å². The van der Waals surface area contributed by atoms with Crippen LogP contribution in [0.25, 0.3) is 0 Å². The molecule has 3 rings (SSSR count). The van der Waals surface area contributed by atoms with E-state index >= 15 is 0 Å². The molecule has 0 bridgehead atoms. The topological polar surface area (TPSA) is 86.8 Å². The van der Waals surface area contributed by atoms with E-state index < -0.39 is 23.7 Å². The van der Waals surface area contributed by atoms with E-state index in [0.29, 0.717) is 24.7 Å². The fourth-order valence-corrected chi connectivity index (χ4v) is 2.63. The van der Waals surface area contributed by atoms with Gasteiger partial charge in [-0.25, -0.2) is 14.2 Å². The highest BCUT2D eigenvalue weighted by Gasteiger charge is 2.24. The summed E-state index contributed by atoms with van der Waals surface area (Å²) in [7, 11) is 1.21. The first-order valence-electron chi connectivity index (χ1n) is 8.41. The van der Waals surface area contributed by atoms with Crippen LogP contribution in [-0.2, 0) is 14.3 Å². The van der Waals surface area contributed by atoms with Crippen molar-refractivity contribution in [2.24, 2.45) is 0 Å². The third-order valence-electron chi connectivity index (χ3n) is 4.09. The van der Waals surface area contributed by atoms with E-state index in [9.17, 15) is 14.0 Å². The zero-order chi connectivity index (χ0) is 19.2. The molecule has 27 heavy (non-hydrogen) atoms. The fourth-order valence-electron chi connectivity index (χ4n) is 2.63. The first-order chi connectivity index (χ1) is 13.1. The van der Waals surface area contributed by atoms with Crippen LogP contribution >= 0.6 is 0 Å². The number of aromatic nitrogens is 1. The summed E-state index contributed by atoms with van der Waals surface area (Å²) in [6.45, 7) is 1.17. The van der Waals surface area contributed by atoms with Crippen LogP contribution in [0.15, 0.2) is 42.6 Å². The number of esters is 1. The number of carbonyl (C=O) groups excluding carboxylic acids is 2. The van der Waals surface area contributed by atoms with Crippen LogP contribution in [0.2, 0.25) is 0 Å². The van der Waals surface area contributed by atoms with E-state index in [1.807, 2.05) is 0 Å². The molecule has 1 amide bonds. The third-order valence-corrected chi connectivity index (χ3v) is 4.09. The Balaban J connectivity index is 1.69. The molecule has 1 N–H and O–H groups in total. The van der Waals surface area contributed by atoms with Crippen molar-refractivity contribution in [1.29, 1.82) is 0 Å². The number of nitrogens with one attached hydrogen (secondary N) is 1. The molecule has 142 valence electrons. The molecule has 2 aromatic rings. The van der Waals surface area contributed by atoms with Crippen LogP contribution in [0.5, 0.6) is 5.88 Å². The molecule has 2 atom stereocenters. The number of benzene rings is 1. The molecule has 2 heterocycles. The van der Waals surface area contributed by atoms with Crippen molar-refractivity contribution >= 4 is 11.9 Å². The van der Waals surface area contributed by atoms with Crippen molar-refractivity contribution in [3.63, 3.8) is 0 Å². The quantitative estimate of drug-likeness (QED) is 0.779. The molecule has 0 spiro atoms. The van der Waals surface area contributed by atoms with Crippen molar-refractivity contribution in [3.05, 3.63) is 59.5 Å². The van der Waals surface area contributed by atoms with Gasteiger partial charge in [-0.1, -0.05) is 12.1 Å². The molecule has 8 heteroatoms. The summed E-state index contributed by atoms with van der Waals surface area (Å²) in [5, 5.41) is 2.58. The standard InChI is InChI=1S/C19H19FN2O5/c1-25-19(24)17(12-2-5-14(20)6-3-12)22-18(23)13-4-7-16(21-10-13)27-15-8-9-26-11-15/h2-7,10,15,17H,8-9,11H2,1H3,(H,22,23). The minimum Gasteiger partial charge on any atom is -0.472 e. The lowest BCUT2D eigenvalue weighted by atomic mass is 10.1. The van der Waals surface area contributed by atoms with Crippen LogP contribution < -0.4 is 10.1 Å². The van der Waals surface area contributed by atoms with Gasteiger partial charge >= 0.3 is 5.97 Å². The van der Waals surface area contributed by atoms with Crippen molar-refractivity contribution < 1.29 is 28.2 Å². The molecule has 1 aromatic carbocycles. The SMILES string of the molecule is COC(=O)C(NC(=O)c1ccc(OC2CCOC2)nc1)c1ccc(F)cc1. The zero-order valence-corrected chi connectivity index (χ0v) is 14.7. The van der Waals surface area contributed by atoms with Crippen LogP contribution in [0, 0.1) is 5.82 Å². The van der Waals surface area contributed by atoms with E-state index in [1.165, 1.54) is 37.6 Å². The number of hydrogen-bond donors (Lipinski definition) is 1. The molecule has 1 aromatic heterocycles. The predicted octanol–water partition coefficient (Wildman–Crippen LogP) is 2.03. The van der Waals surface area contributed by atoms with Gasteiger partial charge < -0.3 is 19.5 Å². The Hall–Kier alpha value is -3.00. The van der Waals surface area contributed by atoms with Crippen LogP contribution in [-0.4, -0.2) is 43.3 Å². The summed E-state index contributed by atoms with van der Waals surface area (Å²) in [6.07, 6.45) is 2.11. The Kier molecular flexibility index (Phi) is 5.97. The molecule has 0 radical (unpaired) electrons. The maximum Gasteiger partial charge on any atom is 0.333 e. The maximum atomic E-state index is 13.1. The monoisotopic (exact) mass is 374 g/mol. The molecule has 1 fully saturated rings. The van der Waals surface area contributed by atoms with Crippen molar-refractivity contribution in [3.8, 4) is 5.88 Å². The maximum absolute atomic E-state index is 13.1. The predicted molar refractivity (Wildman–Crippen MR) is 92.7 cm³/mol. The lowest BCUT2D eigenvalue weighted by Crippen LogP contribution is -2.34. The second-order valence-corrected chi connectivity index (χ2v) is 5.97. The van der Waals surface area contributed by atoms with Gasteiger partial charge in [-0.2, -0.15) is 0 Å². The number of carbonyl (C=O) groups is 2. The van der Waals surface area contributed by atoms with E-state index in [-0.39, 0.29) is 11.7 Å². The average molecular weight is 374 g/mol. The third kappa shape index (κ3) is 4.79. The fraction of sp³-hybridized carbons (Fsp3) is 0.316. The lowest BCUT2D eigenvalue weighted by molar-refractivity contribution is -0.143. The van der Waals surface area contributed by atoms with Crippen molar-refractivity contribution in [1.82, 2.24) is 10.3 Å². The Bertz CT molecular complexity index is 789. The summed E-state index contributed by atoms with van der Waals surface area (Å²) in [4.78, 5) is 28.6. The number of ether oxygens (including phenoxy) is 3. The highest BCUT2D eigenvalue weighted by molar-refractivity contribution is 5.96. The Morgan fingerprint density at radius 1 is 1.26 bits per heavy atom. The molecule has 7 nitrogen and oxygen atoms in total. The van der Waals surface area contributed by atoms with Gasteiger partial charge in [-0.05, 0) is 23.8 Å². The number of amides is 1. The van der Waals surface area contributed by atoms with E-state index in [0.717, 1.165) is 6.42 Å². The highest BCUT2D eigenvalue weighted by atomic mass is 19.1. The van der Waals surface area contributed by atoms with Gasteiger partial charge in [0.25, 0.3) is 5.91 Å². The minimum atomic E-state index is -1.06. The number of rotatable bonds is 6. The summed E-state index contributed by atoms with van der Waals surface area (Å²) in [5.41, 5.74) is 0.659. The van der Waals surface area contributed by atoms with Gasteiger partial charge in [-0.3, -0.25) is 4.79 Å². The van der Waals surface area contributed by atoms with Crippen molar-refractivity contribution in [2.45, 2.75) is 18.6 Å². The largest absolute Gasteiger partial charge is 0.472 e. The summed E-state index contributed by atoms with van der Waals surface area (Å²) in [5.74, 6) is -1.23. The molecule has 1 aliphatic heterocycles. The minimum absolute atomic E-state index is 0.0423. The van der Waals surface area contributed by atoms with Crippen LogP contribution in [0.4, 0.5) is 4.39 Å². The Morgan fingerprint density at radius 3 is 2.63 bits per heavy atom. The summed E-state index contributed by atoms with van der Waals surface area (Å²) in [6, 6.07) is 7.31. The molecular weight excluding hydrogens is 355 g/mol. The molecule has 1 saturated heterocycles. The van der Waals surface area contributed by atoms with E-state index in [1.54, 1.807) is 12.1 Å². The van der Waals surface area contributed by atoms with Crippen molar-refractivity contribution in [2.75, 3.05) is 20.3 Å². The van der Waals surface area contributed by atoms with Crippen LogP contribution in [0.1, 0.15) is 28.4 Å². The average Bonchev–Trinajstić information content (AvgIpc) is 3.20. The van der Waals surface area contributed by atoms with Crippen LogP contribution in [0.3, 0.4) is 0 Å². The van der Waals surface area contributed by atoms with Gasteiger partial charge in [0.1, 0.15) is 11.9 Å². The molecule has 0 saturated carbocycles. The zero-order valence-electron chi connectivity index (χ0n) is 14.7. The number of pyridine rings is 1. The first kappa shape index (κ1) is 18.8. The molecule has 1 aliphatic rings. The second-order valence-electron chi connectivity index (χ2n) is 5.97. The second kappa shape index (κ2) is 8.59. The molecule has 0 aliphatic carbocycles. The first-order valence-corrected chi connectivity index (χ1v) is 8.41. The number of halogens is 1. The number of hydrogen-bond acceptors (Lipinski definition) is 6. The van der Waals surface area contributed by atoms with Gasteiger partial charge in [0.05, 0.1) is 25.9 Å². The van der Waals surface area contributed by atoms with E-state index in [2.05, 4.69) is 10.3 Å². The Labute approximate surface area is 155 Å². The summed E-state index contributed by atoms with van der Waals surface area (Å²) < 4.78 is 28.7.